The van der Waals surface area contributed by atoms with Crippen LogP contribution in [0.4, 0.5) is 0 Å². The molecule has 0 amide bonds. The molecular weight excluding hydrogens is 288 g/mol. The molecule has 1 fully saturated rings. The summed E-state index contributed by atoms with van der Waals surface area (Å²) in [5, 5.41) is 10.4. The van der Waals surface area contributed by atoms with Gasteiger partial charge in [-0.3, -0.25) is 0 Å². The van der Waals surface area contributed by atoms with Crippen LogP contribution in [0.25, 0.3) is 0 Å². The lowest BCUT2D eigenvalue weighted by atomic mass is 9.68. The first-order chi connectivity index (χ1) is 10.4. The molecule has 0 bridgehead atoms. The highest BCUT2D eigenvalue weighted by molar-refractivity contribution is 6.73. The van der Waals surface area contributed by atoms with Crippen LogP contribution < -0.4 is 0 Å². The van der Waals surface area contributed by atoms with Crippen LogP contribution in [0.1, 0.15) is 47.5 Å². The zero-order valence-corrected chi connectivity index (χ0v) is 15.9. The number of fused-ring (bicyclic) bond motifs is 1. The van der Waals surface area contributed by atoms with E-state index < -0.39 is 8.32 Å². The molecule has 0 aromatic heterocycles. The molecule has 2 unspecified atom stereocenters. The second kappa shape index (κ2) is 5.61. The van der Waals surface area contributed by atoms with Crippen molar-refractivity contribution in [3.05, 3.63) is 23.3 Å². The second-order valence-corrected chi connectivity index (χ2v) is 12.5. The van der Waals surface area contributed by atoms with Crippen LogP contribution in [0.2, 0.25) is 18.1 Å². The Morgan fingerprint density at radius 1 is 1.18 bits per heavy atom. The minimum absolute atomic E-state index is 0.246. The first kappa shape index (κ1) is 16.5. The van der Waals surface area contributed by atoms with Gasteiger partial charge in [0.1, 0.15) is 0 Å². The summed E-state index contributed by atoms with van der Waals surface area (Å²) in [7, 11) is -1.60. The molecule has 3 heteroatoms. The van der Waals surface area contributed by atoms with Crippen molar-refractivity contribution < 1.29 is 9.53 Å². The van der Waals surface area contributed by atoms with Crippen molar-refractivity contribution in [1.82, 2.24) is 0 Å². The molecule has 3 rings (SSSR count). The fourth-order valence-electron chi connectivity index (χ4n) is 5.04. The number of rotatable bonds is 5. The zero-order valence-electron chi connectivity index (χ0n) is 14.9. The Hall–Kier alpha value is -0.383. The van der Waals surface area contributed by atoms with E-state index in [9.17, 15) is 5.11 Å². The summed E-state index contributed by atoms with van der Waals surface area (Å²) in [6, 6.07) is 3.66. The first-order valence-electron chi connectivity index (χ1n) is 9.20. The SMILES string of the molecule is CC[Si](CC)(CC)O[C@@H]1[C@H](C)C2C=CC(O)C2=C(C)C12CC2. The van der Waals surface area contributed by atoms with Crippen LogP contribution in [-0.4, -0.2) is 25.6 Å². The molecular formula is C19H32O2Si. The van der Waals surface area contributed by atoms with Gasteiger partial charge in [-0.1, -0.05) is 45.4 Å². The number of hydrogen-bond donors (Lipinski definition) is 1. The Morgan fingerprint density at radius 2 is 1.77 bits per heavy atom. The van der Waals surface area contributed by atoms with Crippen LogP contribution in [-0.2, 0) is 4.43 Å². The van der Waals surface area contributed by atoms with Gasteiger partial charge in [-0.15, -0.1) is 0 Å². The Bertz CT molecular complexity index is 491. The van der Waals surface area contributed by atoms with Gasteiger partial charge >= 0.3 is 0 Å². The predicted molar refractivity (Wildman–Crippen MR) is 94.2 cm³/mol. The molecule has 4 atom stereocenters. The van der Waals surface area contributed by atoms with Gasteiger partial charge in [0.05, 0.1) is 12.2 Å². The smallest absolute Gasteiger partial charge is 0.192 e. The maximum Gasteiger partial charge on any atom is 0.192 e. The highest BCUT2D eigenvalue weighted by atomic mass is 28.4. The third-order valence-electron chi connectivity index (χ3n) is 7.05. The van der Waals surface area contributed by atoms with E-state index in [1.54, 1.807) is 0 Å². The normalized spacial score (nSPS) is 36.1. The van der Waals surface area contributed by atoms with Crippen molar-refractivity contribution in [3.63, 3.8) is 0 Å². The van der Waals surface area contributed by atoms with E-state index in [0.717, 1.165) is 0 Å². The highest BCUT2D eigenvalue weighted by Crippen LogP contribution is 2.64. The molecule has 0 saturated heterocycles. The maximum atomic E-state index is 10.4. The van der Waals surface area contributed by atoms with E-state index in [0.29, 0.717) is 17.9 Å². The lowest BCUT2D eigenvalue weighted by Gasteiger charge is -2.47. The van der Waals surface area contributed by atoms with Gasteiger partial charge in [0, 0.05) is 11.3 Å². The fourth-order valence-corrected chi connectivity index (χ4v) is 8.01. The minimum Gasteiger partial charge on any atom is -0.413 e. The van der Waals surface area contributed by atoms with Gasteiger partial charge in [0.15, 0.2) is 8.32 Å². The van der Waals surface area contributed by atoms with Crippen molar-refractivity contribution in [2.75, 3.05) is 0 Å². The number of aliphatic hydroxyl groups is 1. The van der Waals surface area contributed by atoms with Crippen LogP contribution >= 0.6 is 0 Å². The summed E-state index contributed by atoms with van der Waals surface area (Å²) >= 11 is 0. The van der Waals surface area contributed by atoms with Gasteiger partial charge in [0.25, 0.3) is 0 Å². The van der Waals surface area contributed by atoms with Crippen molar-refractivity contribution in [2.45, 2.75) is 77.8 Å². The van der Waals surface area contributed by atoms with E-state index in [1.807, 2.05) is 6.08 Å². The molecule has 0 aromatic rings. The third kappa shape index (κ3) is 2.20. The van der Waals surface area contributed by atoms with Crippen molar-refractivity contribution in [3.8, 4) is 0 Å². The molecule has 0 aromatic carbocycles. The Balaban J connectivity index is 1.96. The molecule has 1 saturated carbocycles. The van der Waals surface area contributed by atoms with E-state index in [4.69, 9.17) is 4.43 Å². The topological polar surface area (TPSA) is 29.5 Å². The largest absolute Gasteiger partial charge is 0.413 e. The molecule has 0 heterocycles. The summed E-state index contributed by atoms with van der Waals surface area (Å²) in [6.45, 7) is 11.6. The quantitative estimate of drug-likeness (QED) is 0.589. The molecule has 1 spiro atoms. The van der Waals surface area contributed by atoms with Crippen molar-refractivity contribution in [2.24, 2.45) is 17.3 Å². The van der Waals surface area contributed by atoms with Crippen molar-refractivity contribution >= 4 is 8.32 Å². The average Bonchev–Trinajstić information content (AvgIpc) is 3.23. The maximum absolute atomic E-state index is 10.4. The van der Waals surface area contributed by atoms with Gasteiger partial charge in [-0.05, 0) is 49.4 Å². The molecule has 3 aliphatic rings. The lowest BCUT2D eigenvalue weighted by Crippen LogP contribution is -2.50. The van der Waals surface area contributed by atoms with Crippen LogP contribution in [0.5, 0.6) is 0 Å². The monoisotopic (exact) mass is 320 g/mol. The first-order valence-corrected chi connectivity index (χ1v) is 11.7. The van der Waals surface area contributed by atoms with E-state index in [2.05, 4.69) is 40.7 Å². The van der Waals surface area contributed by atoms with Crippen LogP contribution in [0, 0.1) is 17.3 Å². The Morgan fingerprint density at radius 3 is 2.27 bits per heavy atom. The minimum atomic E-state index is -1.60. The standard InChI is InChI=1S/C19H32O2Si/c1-6-22(7-2,8-3)21-18-13(4)15-9-10-16(20)17(15)14(5)19(18)11-12-19/h9-10,13,15-16,18,20H,6-8,11-12H2,1-5H3/t13-,15?,16?,18-/m1/s1. The molecule has 22 heavy (non-hydrogen) atoms. The molecule has 3 aliphatic carbocycles. The van der Waals surface area contributed by atoms with Gasteiger partial charge in [-0.2, -0.15) is 0 Å². The molecule has 1 N–H and O–H groups in total. The third-order valence-corrected chi connectivity index (χ3v) is 11.7. The van der Waals surface area contributed by atoms with Crippen molar-refractivity contribution in [1.29, 1.82) is 0 Å². The molecule has 2 nitrogen and oxygen atoms in total. The van der Waals surface area contributed by atoms with E-state index in [1.165, 1.54) is 42.1 Å². The number of hydrogen-bond acceptors (Lipinski definition) is 2. The number of aliphatic hydroxyl groups excluding tert-OH is 1. The Labute approximate surface area is 136 Å². The van der Waals surface area contributed by atoms with Gasteiger partial charge in [-0.25, -0.2) is 0 Å². The van der Waals surface area contributed by atoms with E-state index in [-0.39, 0.29) is 11.5 Å². The van der Waals surface area contributed by atoms with E-state index >= 15 is 0 Å². The highest BCUT2D eigenvalue weighted by Gasteiger charge is 2.60. The van der Waals surface area contributed by atoms with Gasteiger partial charge in [0.2, 0.25) is 0 Å². The number of allylic oxidation sites excluding steroid dienone is 1. The summed E-state index contributed by atoms with van der Waals surface area (Å²) < 4.78 is 7.02. The summed E-state index contributed by atoms with van der Waals surface area (Å²) in [6.07, 6.45) is 6.73. The summed E-state index contributed by atoms with van der Waals surface area (Å²) in [5.41, 5.74) is 2.99. The zero-order chi connectivity index (χ0) is 16.1. The second-order valence-electron chi connectivity index (χ2n) is 7.73. The van der Waals surface area contributed by atoms with Crippen LogP contribution in [0.15, 0.2) is 23.3 Å². The summed E-state index contributed by atoms with van der Waals surface area (Å²) in [4.78, 5) is 0. The molecule has 0 radical (unpaired) electrons. The fraction of sp³-hybridized carbons (Fsp3) is 0.789. The van der Waals surface area contributed by atoms with Crippen LogP contribution in [0.3, 0.4) is 0 Å². The lowest BCUT2D eigenvalue weighted by molar-refractivity contribution is 0.0453. The Kier molecular flexibility index (Phi) is 4.20. The predicted octanol–water partition coefficient (Wildman–Crippen LogP) is 4.67. The van der Waals surface area contributed by atoms with Gasteiger partial charge < -0.3 is 9.53 Å². The average molecular weight is 321 g/mol. The summed E-state index contributed by atoms with van der Waals surface area (Å²) in [5.74, 6) is 0.884. The molecule has 0 aliphatic heterocycles. The molecule has 124 valence electrons.